The molecule has 0 radical (unpaired) electrons. The van der Waals surface area contributed by atoms with Gasteiger partial charge in [0.2, 0.25) is 5.91 Å². The monoisotopic (exact) mass is 351 g/mol. The van der Waals surface area contributed by atoms with Crippen LogP contribution in [0.25, 0.3) is 0 Å². The second-order valence-corrected chi connectivity index (χ2v) is 6.33. The molecule has 0 saturated carbocycles. The summed E-state index contributed by atoms with van der Waals surface area (Å²) in [5, 5.41) is 0. The lowest BCUT2D eigenvalue weighted by atomic mass is 9.93. The summed E-state index contributed by atoms with van der Waals surface area (Å²) in [6.45, 7) is 2.62. The Balaban J connectivity index is 1.73. The number of hydrogen-bond donors (Lipinski definition) is 0. The fourth-order valence-electron chi connectivity index (χ4n) is 3.09. The number of rotatable bonds is 7. The van der Waals surface area contributed by atoms with Crippen molar-refractivity contribution in [2.45, 2.75) is 25.8 Å². The van der Waals surface area contributed by atoms with Gasteiger partial charge in [0, 0.05) is 25.9 Å². The minimum absolute atomic E-state index is 0.000538. The van der Waals surface area contributed by atoms with Gasteiger partial charge in [0.1, 0.15) is 11.6 Å². The molecule has 2 aromatic carbocycles. The van der Waals surface area contributed by atoms with Gasteiger partial charge in [-0.05, 0) is 41.8 Å². The van der Waals surface area contributed by atoms with Gasteiger partial charge in [0.25, 0.3) is 0 Å². The highest BCUT2D eigenvalue weighted by Gasteiger charge is 2.19. The maximum atomic E-state index is 13.1. The first-order valence-corrected chi connectivity index (χ1v) is 8.72. The number of benzene rings is 2. The molecule has 1 aromatic heterocycles. The van der Waals surface area contributed by atoms with Crippen molar-refractivity contribution in [3.8, 4) is 0 Å². The number of nitrogens with zero attached hydrogens (tertiary/aromatic N) is 1. The van der Waals surface area contributed by atoms with Crippen molar-refractivity contribution < 1.29 is 13.6 Å². The predicted molar refractivity (Wildman–Crippen MR) is 99.1 cm³/mol. The van der Waals surface area contributed by atoms with E-state index in [0.717, 1.165) is 23.3 Å². The molecule has 1 amide bonds. The molecule has 3 aromatic rings. The fraction of sp³-hybridized carbons (Fsp3) is 0.227. The molecule has 0 unspecified atom stereocenters. The quantitative estimate of drug-likeness (QED) is 0.601. The van der Waals surface area contributed by atoms with Crippen LogP contribution in [-0.2, 0) is 11.3 Å². The topological polar surface area (TPSA) is 33.5 Å². The molecular formula is C22H22FNO2. The SMILES string of the molecule is CC(=O)N(CC[C@H](c1ccccc1)c1ccco1)Cc1ccc(F)cc1. The van der Waals surface area contributed by atoms with Crippen molar-refractivity contribution in [3.05, 3.63) is 95.7 Å². The van der Waals surface area contributed by atoms with E-state index in [-0.39, 0.29) is 17.6 Å². The third kappa shape index (κ3) is 4.60. The maximum absolute atomic E-state index is 13.1. The molecule has 3 nitrogen and oxygen atoms in total. The van der Waals surface area contributed by atoms with Crippen LogP contribution in [0.1, 0.15) is 36.1 Å². The van der Waals surface area contributed by atoms with E-state index in [1.54, 1.807) is 30.2 Å². The van der Waals surface area contributed by atoms with Crippen LogP contribution >= 0.6 is 0 Å². The van der Waals surface area contributed by atoms with Gasteiger partial charge in [-0.15, -0.1) is 0 Å². The Morgan fingerprint density at radius 2 is 1.77 bits per heavy atom. The Morgan fingerprint density at radius 3 is 2.38 bits per heavy atom. The van der Waals surface area contributed by atoms with E-state index in [9.17, 15) is 9.18 Å². The zero-order valence-corrected chi connectivity index (χ0v) is 14.8. The third-order valence-corrected chi connectivity index (χ3v) is 4.51. The van der Waals surface area contributed by atoms with E-state index >= 15 is 0 Å². The minimum Gasteiger partial charge on any atom is -0.469 e. The number of halogens is 1. The summed E-state index contributed by atoms with van der Waals surface area (Å²) in [6.07, 6.45) is 2.42. The normalized spacial score (nSPS) is 11.9. The van der Waals surface area contributed by atoms with Crippen molar-refractivity contribution in [3.63, 3.8) is 0 Å². The molecule has 0 bridgehead atoms. The van der Waals surface area contributed by atoms with Gasteiger partial charge in [-0.1, -0.05) is 42.5 Å². The Bertz CT molecular complexity index is 813. The molecule has 4 heteroatoms. The van der Waals surface area contributed by atoms with E-state index in [0.29, 0.717) is 13.1 Å². The fourth-order valence-corrected chi connectivity index (χ4v) is 3.09. The highest BCUT2D eigenvalue weighted by molar-refractivity contribution is 5.73. The van der Waals surface area contributed by atoms with E-state index in [1.807, 2.05) is 30.3 Å². The Hall–Kier alpha value is -2.88. The first-order chi connectivity index (χ1) is 12.6. The Kier molecular flexibility index (Phi) is 5.84. The van der Waals surface area contributed by atoms with E-state index < -0.39 is 0 Å². The zero-order valence-electron chi connectivity index (χ0n) is 14.8. The molecule has 1 atom stereocenters. The third-order valence-electron chi connectivity index (χ3n) is 4.51. The molecule has 0 saturated heterocycles. The van der Waals surface area contributed by atoms with Gasteiger partial charge >= 0.3 is 0 Å². The Morgan fingerprint density at radius 1 is 1.04 bits per heavy atom. The standard InChI is InChI=1S/C22H22FNO2/c1-17(25)24(16-18-9-11-20(23)12-10-18)14-13-21(22-8-5-15-26-22)19-6-3-2-4-7-19/h2-12,15,21H,13-14,16H2,1H3/t21-/m1/s1. The van der Waals surface area contributed by atoms with E-state index in [1.165, 1.54) is 12.1 Å². The van der Waals surface area contributed by atoms with Crippen molar-refractivity contribution in [1.82, 2.24) is 4.90 Å². The minimum atomic E-state index is -0.273. The van der Waals surface area contributed by atoms with Crippen molar-refractivity contribution in [1.29, 1.82) is 0 Å². The molecule has 134 valence electrons. The van der Waals surface area contributed by atoms with Gasteiger partial charge in [-0.3, -0.25) is 4.79 Å². The zero-order chi connectivity index (χ0) is 18.4. The average molecular weight is 351 g/mol. The van der Waals surface area contributed by atoms with Crippen molar-refractivity contribution in [2.75, 3.05) is 6.54 Å². The number of furan rings is 1. The van der Waals surface area contributed by atoms with E-state index in [4.69, 9.17) is 4.42 Å². The van der Waals surface area contributed by atoms with Crippen molar-refractivity contribution >= 4 is 5.91 Å². The number of hydrogen-bond acceptors (Lipinski definition) is 2. The first kappa shape index (κ1) is 17.9. The van der Waals surface area contributed by atoms with Gasteiger partial charge < -0.3 is 9.32 Å². The molecule has 0 N–H and O–H groups in total. The van der Waals surface area contributed by atoms with Gasteiger partial charge in [-0.25, -0.2) is 4.39 Å². The average Bonchev–Trinajstić information content (AvgIpc) is 3.18. The summed E-state index contributed by atoms with van der Waals surface area (Å²) in [5.74, 6) is 0.702. The molecule has 26 heavy (non-hydrogen) atoms. The molecule has 0 aliphatic rings. The second-order valence-electron chi connectivity index (χ2n) is 6.33. The molecule has 0 aliphatic heterocycles. The van der Waals surface area contributed by atoms with Crippen LogP contribution < -0.4 is 0 Å². The first-order valence-electron chi connectivity index (χ1n) is 8.72. The summed E-state index contributed by atoms with van der Waals surface area (Å²) < 4.78 is 18.7. The van der Waals surface area contributed by atoms with Crippen molar-refractivity contribution in [2.24, 2.45) is 0 Å². The summed E-state index contributed by atoms with van der Waals surface area (Å²) in [7, 11) is 0. The van der Waals surface area contributed by atoms with Crippen LogP contribution in [0.2, 0.25) is 0 Å². The molecule has 0 fully saturated rings. The van der Waals surface area contributed by atoms with Gasteiger partial charge in [0.15, 0.2) is 0 Å². The number of carbonyl (C=O) groups excluding carboxylic acids is 1. The van der Waals surface area contributed by atoms with Crippen LogP contribution in [0.5, 0.6) is 0 Å². The van der Waals surface area contributed by atoms with Crippen LogP contribution in [0.15, 0.2) is 77.4 Å². The van der Waals surface area contributed by atoms with Crippen LogP contribution in [-0.4, -0.2) is 17.4 Å². The summed E-state index contributed by atoms with van der Waals surface area (Å²) in [5.41, 5.74) is 2.07. The van der Waals surface area contributed by atoms with Crippen LogP contribution in [0, 0.1) is 5.82 Å². The highest BCUT2D eigenvalue weighted by Crippen LogP contribution is 2.28. The van der Waals surface area contributed by atoms with Gasteiger partial charge in [-0.2, -0.15) is 0 Å². The molecule has 1 heterocycles. The predicted octanol–water partition coefficient (Wildman–Crippen LogP) is 4.99. The lowest BCUT2D eigenvalue weighted by Crippen LogP contribution is -2.30. The lowest BCUT2D eigenvalue weighted by Gasteiger charge is -2.24. The number of carbonyl (C=O) groups is 1. The smallest absolute Gasteiger partial charge is 0.219 e. The largest absolute Gasteiger partial charge is 0.469 e. The molecule has 0 aliphatic carbocycles. The highest BCUT2D eigenvalue weighted by atomic mass is 19.1. The molecular weight excluding hydrogens is 329 g/mol. The molecule has 0 spiro atoms. The lowest BCUT2D eigenvalue weighted by molar-refractivity contribution is -0.129. The second kappa shape index (κ2) is 8.48. The summed E-state index contributed by atoms with van der Waals surface area (Å²) >= 11 is 0. The van der Waals surface area contributed by atoms with Crippen LogP contribution in [0.3, 0.4) is 0 Å². The van der Waals surface area contributed by atoms with Crippen LogP contribution in [0.4, 0.5) is 4.39 Å². The van der Waals surface area contributed by atoms with Gasteiger partial charge in [0.05, 0.1) is 6.26 Å². The Labute approximate surface area is 153 Å². The molecule has 3 rings (SSSR count). The summed E-state index contributed by atoms with van der Waals surface area (Å²) in [4.78, 5) is 13.9. The summed E-state index contributed by atoms with van der Waals surface area (Å²) in [6, 6.07) is 20.3. The number of amides is 1. The van der Waals surface area contributed by atoms with E-state index in [2.05, 4.69) is 12.1 Å². The maximum Gasteiger partial charge on any atom is 0.219 e.